The number of carbonyl (C=O) groups is 2. The molecule has 1 heterocycles. The van der Waals surface area contributed by atoms with Crippen molar-refractivity contribution >= 4 is 35.4 Å². The first-order chi connectivity index (χ1) is 8.56. The van der Waals surface area contributed by atoms with E-state index in [1.54, 1.807) is 13.8 Å². The number of aromatic nitrogens is 1. The molecule has 0 aromatic carbocycles. The number of esters is 2. The van der Waals surface area contributed by atoms with Gasteiger partial charge in [-0.1, -0.05) is 0 Å². The van der Waals surface area contributed by atoms with Gasteiger partial charge >= 0.3 is 11.9 Å². The third-order valence-electron chi connectivity index (χ3n) is 1.75. The fourth-order valence-corrected chi connectivity index (χ4v) is 1.94. The lowest BCUT2D eigenvalue weighted by atomic mass is 10.5. The van der Waals surface area contributed by atoms with Gasteiger partial charge < -0.3 is 14.5 Å². The fraction of sp³-hybridized carbons (Fsp3) is 0.364. The largest absolute Gasteiger partial charge is 0.463 e. The van der Waals surface area contributed by atoms with E-state index in [4.69, 9.17) is 4.74 Å². The van der Waals surface area contributed by atoms with E-state index in [1.165, 1.54) is 0 Å². The number of ether oxygens (including phenoxy) is 2. The Morgan fingerprint density at radius 1 is 1.17 bits per heavy atom. The predicted octanol–water partition coefficient (Wildman–Crippen LogP) is -0.876. The van der Waals surface area contributed by atoms with Gasteiger partial charge in [-0.05, 0) is 13.8 Å². The molecule has 0 saturated heterocycles. The van der Waals surface area contributed by atoms with Crippen molar-refractivity contribution in [2.75, 3.05) is 13.2 Å². The molecule has 7 heteroatoms. The Balaban J connectivity index is 3.06. The SMILES string of the molecule is CCOC(=O)/C=c1/[nH]c(=O)/c(=C/C(=O)OCC)s1. The molecule has 0 bridgehead atoms. The monoisotopic (exact) mass is 271 g/mol. The Hall–Kier alpha value is -1.89. The lowest BCUT2D eigenvalue weighted by molar-refractivity contribution is -0.136. The van der Waals surface area contributed by atoms with Gasteiger partial charge in [0.25, 0.3) is 5.56 Å². The minimum Gasteiger partial charge on any atom is -0.463 e. The van der Waals surface area contributed by atoms with E-state index in [-0.39, 0.29) is 17.7 Å². The zero-order chi connectivity index (χ0) is 13.5. The molecule has 0 radical (unpaired) electrons. The molecule has 18 heavy (non-hydrogen) atoms. The molecular weight excluding hydrogens is 258 g/mol. The minimum atomic E-state index is -0.590. The standard InChI is InChI=1S/C11H13NO5S/c1-3-16-9(13)5-7-11(15)12-8(18-7)6-10(14)17-4-2/h5-6H,3-4H2,1-2H3,(H,12,15)/b7-5-,8-6-. The number of carbonyl (C=O) groups excluding carboxylic acids is 2. The van der Waals surface area contributed by atoms with Crippen LogP contribution >= 0.6 is 11.3 Å². The average molecular weight is 271 g/mol. The van der Waals surface area contributed by atoms with Crippen molar-refractivity contribution < 1.29 is 19.1 Å². The maximum absolute atomic E-state index is 11.5. The summed E-state index contributed by atoms with van der Waals surface area (Å²) < 4.78 is 9.90. The third kappa shape index (κ3) is 4.17. The van der Waals surface area contributed by atoms with Crippen LogP contribution < -0.4 is 14.8 Å². The van der Waals surface area contributed by atoms with Crippen LogP contribution in [-0.4, -0.2) is 30.1 Å². The van der Waals surface area contributed by atoms with Crippen LogP contribution in [0.1, 0.15) is 13.8 Å². The van der Waals surface area contributed by atoms with Gasteiger partial charge in [0.1, 0.15) is 9.20 Å². The van der Waals surface area contributed by atoms with Gasteiger partial charge in [0, 0.05) is 6.08 Å². The summed E-state index contributed by atoms with van der Waals surface area (Å²) in [5.41, 5.74) is -0.441. The zero-order valence-corrected chi connectivity index (χ0v) is 10.8. The molecule has 0 aliphatic heterocycles. The highest BCUT2D eigenvalue weighted by Crippen LogP contribution is 1.81. The zero-order valence-electron chi connectivity index (χ0n) is 10.0. The highest BCUT2D eigenvalue weighted by Gasteiger charge is 2.01. The molecule has 0 aliphatic carbocycles. The maximum atomic E-state index is 11.5. The third-order valence-corrected chi connectivity index (χ3v) is 2.71. The van der Waals surface area contributed by atoms with Gasteiger partial charge in [-0.25, -0.2) is 9.59 Å². The highest BCUT2D eigenvalue weighted by atomic mass is 32.1. The molecule has 0 aliphatic rings. The van der Waals surface area contributed by atoms with Crippen LogP contribution in [0, 0.1) is 0 Å². The van der Waals surface area contributed by atoms with E-state index in [9.17, 15) is 14.4 Å². The van der Waals surface area contributed by atoms with Crippen molar-refractivity contribution in [3.8, 4) is 0 Å². The number of hydrogen-bond acceptors (Lipinski definition) is 6. The van der Waals surface area contributed by atoms with Gasteiger partial charge in [0.2, 0.25) is 0 Å². The van der Waals surface area contributed by atoms with Crippen LogP contribution in [-0.2, 0) is 19.1 Å². The molecule has 1 aromatic heterocycles. The summed E-state index contributed by atoms with van der Waals surface area (Å²) in [6.07, 6.45) is 2.26. The molecule has 0 unspecified atom stereocenters. The topological polar surface area (TPSA) is 85.5 Å². The molecule has 1 N–H and O–H groups in total. The highest BCUT2D eigenvalue weighted by molar-refractivity contribution is 7.07. The van der Waals surface area contributed by atoms with Crippen LogP contribution in [0.4, 0.5) is 0 Å². The lowest BCUT2D eigenvalue weighted by Crippen LogP contribution is -2.22. The van der Waals surface area contributed by atoms with E-state index >= 15 is 0 Å². The van der Waals surface area contributed by atoms with Gasteiger partial charge in [-0.2, -0.15) is 0 Å². The van der Waals surface area contributed by atoms with Crippen molar-refractivity contribution in [1.82, 2.24) is 4.98 Å². The Bertz CT molecular complexity index is 598. The molecule has 0 amide bonds. The molecule has 0 saturated carbocycles. The Labute approximate surface area is 107 Å². The molecule has 0 atom stereocenters. The van der Waals surface area contributed by atoms with E-state index in [0.717, 1.165) is 23.5 Å². The molecular formula is C11H13NO5S. The van der Waals surface area contributed by atoms with Crippen LogP contribution in [0.3, 0.4) is 0 Å². The van der Waals surface area contributed by atoms with Crippen molar-refractivity contribution in [1.29, 1.82) is 0 Å². The molecule has 98 valence electrons. The van der Waals surface area contributed by atoms with Crippen molar-refractivity contribution in [2.45, 2.75) is 13.8 Å². The van der Waals surface area contributed by atoms with Crippen LogP contribution in [0.5, 0.6) is 0 Å². The molecule has 0 fully saturated rings. The molecule has 1 aromatic rings. The fourth-order valence-electron chi connectivity index (χ4n) is 1.11. The second kappa shape index (κ2) is 6.75. The number of nitrogens with one attached hydrogen (secondary N) is 1. The minimum absolute atomic E-state index is 0.184. The van der Waals surface area contributed by atoms with Crippen molar-refractivity contribution in [2.24, 2.45) is 0 Å². The molecule has 1 rings (SSSR count). The summed E-state index contributed by atoms with van der Waals surface area (Å²) in [4.78, 5) is 36.2. The van der Waals surface area contributed by atoms with E-state index < -0.39 is 17.5 Å². The van der Waals surface area contributed by atoms with E-state index in [0.29, 0.717) is 4.66 Å². The van der Waals surface area contributed by atoms with Gasteiger partial charge in [-0.15, -0.1) is 11.3 Å². The van der Waals surface area contributed by atoms with Crippen LogP contribution in [0.2, 0.25) is 0 Å². The second-order valence-corrected chi connectivity index (χ2v) is 4.16. The summed E-state index contributed by atoms with van der Waals surface area (Å²) in [6, 6.07) is 0. The van der Waals surface area contributed by atoms with E-state index in [2.05, 4.69) is 9.72 Å². The van der Waals surface area contributed by atoms with E-state index in [1.807, 2.05) is 0 Å². The van der Waals surface area contributed by atoms with Crippen molar-refractivity contribution in [3.05, 3.63) is 19.5 Å². The molecule has 6 nitrogen and oxygen atoms in total. The summed E-state index contributed by atoms with van der Waals surface area (Å²) in [7, 11) is 0. The first kappa shape index (κ1) is 14.2. The summed E-state index contributed by atoms with van der Waals surface area (Å²) in [5.74, 6) is -1.13. The lowest BCUT2D eigenvalue weighted by Gasteiger charge is -1.92. The Kier molecular flexibility index (Phi) is 5.31. The van der Waals surface area contributed by atoms with Gasteiger partial charge in [-0.3, -0.25) is 4.79 Å². The Morgan fingerprint density at radius 2 is 1.72 bits per heavy atom. The maximum Gasteiger partial charge on any atom is 0.333 e. The number of hydrogen-bond donors (Lipinski definition) is 1. The van der Waals surface area contributed by atoms with Gasteiger partial charge in [0.15, 0.2) is 0 Å². The summed E-state index contributed by atoms with van der Waals surface area (Å²) >= 11 is 0.987. The first-order valence-electron chi connectivity index (χ1n) is 5.33. The van der Waals surface area contributed by atoms with Crippen molar-refractivity contribution in [3.63, 3.8) is 0 Å². The smallest absolute Gasteiger partial charge is 0.333 e. The van der Waals surface area contributed by atoms with Crippen LogP contribution in [0.25, 0.3) is 12.2 Å². The summed E-state index contributed by atoms with van der Waals surface area (Å²) in [6.45, 7) is 3.85. The Morgan fingerprint density at radius 3 is 2.28 bits per heavy atom. The number of rotatable bonds is 4. The quantitative estimate of drug-likeness (QED) is 0.719. The van der Waals surface area contributed by atoms with Gasteiger partial charge in [0.05, 0.1) is 19.3 Å². The average Bonchev–Trinajstić information content (AvgIpc) is 2.59. The number of thiazole rings is 1. The van der Waals surface area contributed by atoms with Crippen LogP contribution in [0.15, 0.2) is 4.79 Å². The second-order valence-electron chi connectivity index (χ2n) is 3.08. The first-order valence-corrected chi connectivity index (χ1v) is 6.14. The number of H-pyrrole nitrogens is 1. The predicted molar refractivity (Wildman–Crippen MR) is 66.4 cm³/mol. The normalized spacial score (nSPS) is 12.6. The number of aromatic amines is 1. The summed E-state index contributed by atoms with van der Waals surface area (Å²) in [5, 5.41) is 0. The molecule has 0 spiro atoms.